The topological polar surface area (TPSA) is 95.6 Å². The zero-order valence-corrected chi connectivity index (χ0v) is 10.5. The van der Waals surface area contributed by atoms with Gasteiger partial charge < -0.3 is 5.48 Å². The van der Waals surface area contributed by atoms with Gasteiger partial charge in [0.2, 0.25) is 11.6 Å². The Kier molecular flexibility index (Phi) is 5.51. The molecule has 3 rings (SSSR count). The predicted molar refractivity (Wildman–Crippen MR) is 68.3 cm³/mol. The van der Waals surface area contributed by atoms with Crippen LogP contribution >= 0.6 is 0 Å². The number of Topliss-reactive ketones (excluding diaryl/α,β-unsaturated/α-hetero) is 3. The summed E-state index contributed by atoms with van der Waals surface area (Å²) in [4.78, 5) is 37.1. The van der Waals surface area contributed by atoms with Gasteiger partial charge in [-0.25, -0.2) is 0 Å². The molecule has 2 aliphatic rings. The summed E-state index contributed by atoms with van der Waals surface area (Å²) in [7, 11) is 0. The maximum absolute atomic E-state index is 11.2. The molecule has 2 fully saturated rings. The Morgan fingerprint density at radius 2 is 1.32 bits per heavy atom. The lowest BCUT2D eigenvalue weighted by Gasteiger charge is -2.20. The highest BCUT2D eigenvalue weighted by Gasteiger charge is 2.48. The van der Waals surface area contributed by atoms with E-state index < -0.39 is 17.3 Å². The van der Waals surface area contributed by atoms with Crippen LogP contribution in [0.15, 0.2) is 30.6 Å². The van der Waals surface area contributed by atoms with Crippen molar-refractivity contribution in [2.45, 2.75) is 25.7 Å². The molecule has 19 heavy (non-hydrogen) atoms. The SMILES string of the molecule is O.O=C1C(=O)C2CCCCC2C1=O.c1ccncc1. The van der Waals surface area contributed by atoms with Crippen LogP contribution in [0.5, 0.6) is 0 Å². The molecule has 1 aromatic heterocycles. The minimum absolute atomic E-state index is 0. The Hall–Kier alpha value is -1.88. The van der Waals surface area contributed by atoms with Crippen molar-refractivity contribution in [3.63, 3.8) is 0 Å². The van der Waals surface area contributed by atoms with Crippen molar-refractivity contribution in [1.82, 2.24) is 4.98 Å². The van der Waals surface area contributed by atoms with Crippen LogP contribution in [0.4, 0.5) is 0 Å². The van der Waals surface area contributed by atoms with Crippen molar-refractivity contribution < 1.29 is 19.9 Å². The summed E-state index contributed by atoms with van der Waals surface area (Å²) in [6.45, 7) is 0. The number of rotatable bonds is 0. The molecule has 0 radical (unpaired) electrons. The normalized spacial score (nSPS) is 24.9. The minimum atomic E-state index is -0.744. The first-order chi connectivity index (χ1) is 8.72. The second kappa shape index (κ2) is 6.89. The number of hydrogen-bond acceptors (Lipinski definition) is 4. The lowest BCUT2D eigenvalue weighted by atomic mass is 9.81. The number of pyridine rings is 1. The lowest BCUT2D eigenvalue weighted by molar-refractivity contribution is -0.141. The third kappa shape index (κ3) is 3.32. The van der Waals surface area contributed by atoms with E-state index in [4.69, 9.17) is 0 Å². The third-order valence-corrected chi connectivity index (χ3v) is 3.45. The van der Waals surface area contributed by atoms with Gasteiger partial charge in [0.25, 0.3) is 5.78 Å². The van der Waals surface area contributed by atoms with Gasteiger partial charge in [0.15, 0.2) is 0 Å². The Morgan fingerprint density at radius 3 is 1.63 bits per heavy atom. The van der Waals surface area contributed by atoms with Gasteiger partial charge in [-0.05, 0) is 25.0 Å². The van der Waals surface area contributed by atoms with Gasteiger partial charge in [0, 0.05) is 24.2 Å². The summed E-state index contributed by atoms with van der Waals surface area (Å²) >= 11 is 0. The quantitative estimate of drug-likeness (QED) is 0.646. The highest BCUT2D eigenvalue weighted by molar-refractivity contribution is 6.68. The first kappa shape index (κ1) is 15.2. The number of carbonyl (C=O) groups excluding carboxylic acids is 3. The van der Waals surface area contributed by atoms with Crippen LogP contribution in [-0.4, -0.2) is 27.8 Å². The Balaban J connectivity index is 0.000000220. The van der Waals surface area contributed by atoms with E-state index in [-0.39, 0.29) is 17.3 Å². The molecule has 0 spiro atoms. The molecule has 2 atom stereocenters. The van der Waals surface area contributed by atoms with Crippen molar-refractivity contribution >= 4 is 17.3 Å². The Morgan fingerprint density at radius 1 is 0.842 bits per heavy atom. The van der Waals surface area contributed by atoms with Crippen molar-refractivity contribution in [2.75, 3.05) is 0 Å². The number of fused-ring (bicyclic) bond motifs is 1. The van der Waals surface area contributed by atoms with Crippen LogP contribution in [0.1, 0.15) is 25.7 Å². The molecular weight excluding hydrogens is 246 g/mol. The van der Waals surface area contributed by atoms with E-state index in [1.54, 1.807) is 12.4 Å². The first-order valence-electron chi connectivity index (χ1n) is 6.19. The molecule has 0 aliphatic heterocycles. The zero-order chi connectivity index (χ0) is 13.0. The first-order valence-corrected chi connectivity index (χ1v) is 6.19. The monoisotopic (exact) mass is 263 g/mol. The average Bonchev–Trinajstić information content (AvgIpc) is 2.67. The van der Waals surface area contributed by atoms with E-state index in [9.17, 15) is 14.4 Å². The van der Waals surface area contributed by atoms with E-state index in [1.165, 1.54) is 0 Å². The molecule has 0 bridgehead atoms. The highest BCUT2D eigenvalue weighted by atomic mass is 16.2. The summed E-state index contributed by atoms with van der Waals surface area (Å²) in [6.07, 6.45) is 6.93. The van der Waals surface area contributed by atoms with E-state index in [0.29, 0.717) is 0 Å². The largest absolute Gasteiger partial charge is 0.412 e. The second-order valence-corrected chi connectivity index (χ2v) is 4.58. The van der Waals surface area contributed by atoms with Gasteiger partial charge >= 0.3 is 0 Å². The fourth-order valence-electron chi connectivity index (χ4n) is 2.53. The number of carbonyl (C=O) groups is 3. The van der Waals surface area contributed by atoms with Crippen molar-refractivity contribution in [3.8, 4) is 0 Å². The molecule has 1 aromatic rings. The standard InChI is InChI=1S/C9H10O3.C5H5N.H2O/c10-7-5-3-1-2-4-6(5)8(11)9(7)12;1-2-4-6-5-3-1;/h5-6H,1-4H2;1-5H;1H2. The van der Waals surface area contributed by atoms with Crippen molar-refractivity contribution in [3.05, 3.63) is 30.6 Å². The fraction of sp³-hybridized carbons (Fsp3) is 0.429. The maximum Gasteiger partial charge on any atom is 0.264 e. The molecule has 2 N–H and O–H groups in total. The van der Waals surface area contributed by atoms with Gasteiger partial charge in [-0.15, -0.1) is 0 Å². The van der Waals surface area contributed by atoms with Crippen LogP contribution < -0.4 is 0 Å². The molecule has 1 heterocycles. The van der Waals surface area contributed by atoms with E-state index in [1.807, 2.05) is 18.2 Å². The smallest absolute Gasteiger partial charge is 0.264 e. The summed E-state index contributed by atoms with van der Waals surface area (Å²) in [5.41, 5.74) is 0. The molecule has 0 aromatic carbocycles. The predicted octanol–water partition coefficient (Wildman–Crippen LogP) is 0.771. The van der Waals surface area contributed by atoms with Gasteiger partial charge in [-0.1, -0.05) is 18.9 Å². The zero-order valence-electron chi connectivity index (χ0n) is 10.5. The number of ketones is 3. The van der Waals surface area contributed by atoms with Gasteiger partial charge in [0.05, 0.1) is 0 Å². The van der Waals surface area contributed by atoms with Crippen LogP contribution in [0.3, 0.4) is 0 Å². The average molecular weight is 263 g/mol. The summed E-state index contributed by atoms with van der Waals surface area (Å²) in [6, 6.07) is 5.72. The maximum atomic E-state index is 11.2. The molecule has 2 saturated carbocycles. The molecule has 0 amide bonds. The van der Waals surface area contributed by atoms with Gasteiger partial charge in [-0.2, -0.15) is 0 Å². The lowest BCUT2D eigenvalue weighted by Crippen LogP contribution is -2.21. The van der Waals surface area contributed by atoms with E-state index in [2.05, 4.69) is 4.98 Å². The molecule has 102 valence electrons. The number of hydrogen-bond donors (Lipinski definition) is 0. The van der Waals surface area contributed by atoms with Crippen LogP contribution in [-0.2, 0) is 14.4 Å². The van der Waals surface area contributed by atoms with E-state index >= 15 is 0 Å². The minimum Gasteiger partial charge on any atom is -0.412 e. The second-order valence-electron chi connectivity index (χ2n) is 4.58. The molecule has 0 saturated heterocycles. The van der Waals surface area contributed by atoms with Gasteiger partial charge in [0.1, 0.15) is 0 Å². The highest BCUT2D eigenvalue weighted by Crippen LogP contribution is 2.36. The molecule has 5 nitrogen and oxygen atoms in total. The molecule has 2 unspecified atom stereocenters. The van der Waals surface area contributed by atoms with Gasteiger partial charge in [-0.3, -0.25) is 19.4 Å². The summed E-state index contributed by atoms with van der Waals surface area (Å²) in [5, 5.41) is 0. The summed E-state index contributed by atoms with van der Waals surface area (Å²) in [5.74, 6) is -2.10. The van der Waals surface area contributed by atoms with Crippen molar-refractivity contribution in [2.24, 2.45) is 11.8 Å². The molecule has 5 heteroatoms. The summed E-state index contributed by atoms with van der Waals surface area (Å²) < 4.78 is 0. The van der Waals surface area contributed by atoms with E-state index in [0.717, 1.165) is 25.7 Å². The fourth-order valence-corrected chi connectivity index (χ4v) is 2.53. The Labute approximate surface area is 111 Å². The Bertz CT molecular complexity index is 405. The van der Waals surface area contributed by atoms with Crippen LogP contribution in [0, 0.1) is 11.8 Å². The van der Waals surface area contributed by atoms with Crippen molar-refractivity contribution in [1.29, 1.82) is 0 Å². The third-order valence-electron chi connectivity index (χ3n) is 3.45. The number of nitrogens with zero attached hydrogens (tertiary/aromatic N) is 1. The number of aromatic nitrogens is 1. The molecule has 2 aliphatic carbocycles. The molecular formula is C14H17NO4. The van der Waals surface area contributed by atoms with Crippen LogP contribution in [0.25, 0.3) is 0 Å². The van der Waals surface area contributed by atoms with Crippen LogP contribution in [0.2, 0.25) is 0 Å².